The van der Waals surface area contributed by atoms with Gasteiger partial charge in [0.1, 0.15) is 0 Å². The summed E-state index contributed by atoms with van der Waals surface area (Å²) in [4.78, 5) is 10.6. The van der Waals surface area contributed by atoms with E-state index in [1.807, 2.05) is 6.07 Å². The summed E-state index contributed by atoms with van der Waals surface area (Å²) in [6.45, 7) is 0. The fraction of sp³-hybridized carbons (Fsp3) is 0. The Hall–Kier alpha value is -5.80. The molecule has 0 bridgehead atoms. The van der Waals surface area contributed by atoms with Crippen molar-refractivity contribution < 1.29 is 0 Å². The number of fused-ring (bicyclic) bond motifs is 9. The predicted octanol–water partition coefficient (Wildman–Crippen LogP) is 10.4. The number of rotatable bonds is 3. The lowest BCUT2D eigenvalue weighted by Crippen LogP contribution is -2.04. The van der Waals surface area contributed by atoms with Gasteiger partial charge < -0.3 is 0 Å². The van der Waals surface area contributed by atoms with Gasteiger partial charge in [-0.25, -0.2) is 9.97 Å². The summed E-state index contributed by atoms with van der Waals surface area (Å²) in [5.74, 6) is 0.663. The van der Waals surface area contributed by atoms with Crippen LogP contribution < -0.4 is 0 Å². The third kappa shape index (κ3) is 3.62. The first-order valence-corrected chi connectivity index (χ1v) is 14.6. The molecule has 9 aromatic rings. The van der Waals surface area contributed by atoms with Crippen molar-refractivity contribution in [3.63, 3.8) is 0 Å². The third-order valence-electron chi connectivity index (χ3n) is 8.61. The number of nitrogens with zero attached hydrogens (tertiary/aromatic N) is 3. The molecule has 0 atom stereocenters. The van der Waals surface area contributed by atoms with E-state index in [0.29, 0.717) is 5.95 Å². The van der Waals surface area contributed by atoms with Gasteiger partial charge >= 0.3 is 0 Å². The average molecular weight is 548 g/mol. The summed E-state index contributed by atoms with van der Waals surface area (Å²) >= 11 is 0. The van der Waals surface area contributed by atoms with Crippen LogP contribution in [-0.4, -0.2) is 14.5 Å². The molecule has 9 rings (SSSR count). The van der Waals surface area contributed by atoms with Crippen LogP contribution in [0.3, 0.4) is 0 Å². The summed E-state index contributed by atoms with van der Waals surface area (Å²) in [5, 5.41) is 9.81. The van der Waals surface area contributed by atoms with Gasteiger partial charge in [-0.1, -0.05) is 133 Å². The topological polar surface area (TPSA) is 30.7 Å². The Balaban J connectivity index is 1.42. The summed E-state index contributed by atoms with van der Waals surface area (Å²) < 4.78 is 2.21. The van der Waals surface area contributed by atoms with Gasteiger partial charge in [-0.3, -0.25) is 4.57 Å². The summed E-state index contributed by atoms with van der Waals surface area (Å²) in [7, 11) is 0. The van der Waals surface area contributed by atoms with Crippen LogP contribution in [-0.2, 0) is 0 Å². The Morgan fingerprint density at radius 1 is 0.372 bits per heavy atom. The Bertz CT molecular complexity index is 2410. The van der Waals surface area contributed by atoms with Gasteiger partial charge in [0.2, 0.25) is 5.95 Å². The molecule has 0 fully saturated rings. The molecular formula is C40H25N3. The zero-order valence-electron chi connectivity index (χ0n) is 23.3. The largest absolute Gasteiger partial charge is 0.278 e. The lowest BCUT2D eigenvalue weighted by Gasteiger charge is -2.16. The van der Waals surface area contributed by atoms with E-state index in [1.54, 1.807) is 0 Å². The lowest BCUT2D eigenvalue weighted by molar-refractivity contribution is 0.996. The quantitative estimate of drug-likeness (QED) is 0.206. The highest BCUT2D eigenvalue weighted by Crippen LogP contribution is 2.41. The highest BCUT2D eigenvalue weighted by Gasteiger charge is 2.19. The maximum atomic E-state index is 5.36. The number of hydrogen-bond donors (Lipinski definition) is 0. The second-order valence-electron chi connectivity index (χ2n) is 11.0. The van der Waals surface area contributed by atoms with Crippen molar-refractivity contribution in [2.24, 2.45) is 0 Å². The molecule has 0 aliphatic carbocycles. The van der Waals surface area contributed by atoms with Crippen LogP contribution in [0.5, 0.6) is 0 Å². The van der Waals surface area contributed by atoms with E-state index in [-0.39, 0.29) is 0 Å². The second kappa shape index (κ2) is 9.37. The molecule has 0 radical (unpaired) electrons. The monoisotopic (exact) mass is 547 g/mol. The summed E-state index contributed by atoms with van der Waals surface area (Å²) in [5.41, 5.74) is 6.13. The fourth-order valence-corrected chi connectivity index (χ4v) is 6.74. The molecule has 3 nitrogen and oxygen atoms in total. The van der Waals surface area contributed by atoms with E-state index in [2.05, 4.69) is 150 Å². The first-order valence-electron chi connectivity index (χ1n) is 14.6. The molecule has 0 aliphatic heterocycles. The standard InChI is InChI=1S/C40H25N3/c1-2-13-26(14-3-1)35-25-36(42-40(41-35)43-37-23-10-8-18-30(37)31-19-9-11-24-38(31)43)34-22-12-21-33-29-16-5-4-15-27(29)28-17-6-7-20-32(28)39(33)34/h1-25H. The number of benzene rings is 7. The molecule has 0 saturated heterocycles. The van der Waals surface area contributed by atoms with Gasteiger partial charge in [-0.15, -0.1) is 0 Å². The predicted molar refractivity (Wildman–Crippen MR) is 180 cm³/mol. The maximum absolute atomic E-state index is 5.36. The molecule has 0 spiro atoms. The number of para-hydroxylation sites is 2. The van der Waals surface area contributed by atoms with Crippen LogP contribution in [0.25, 0.3) is 82.6 Å². The minimum atomic E-state index is 0.663. The van der Waals surface area contributed by atoms with Crippen LogP contribution in [0, 0.1) is 0 Å². The Kier molecular flexibility index (Phi) is 5.20. The first-order chi connectivity index (χ1) is 21.3. The average Bonchev–Trinajstić information content (AvgIpc) is 3.43. The second-order valence-corrected chi connectivity index (χ2v) is 11.0. The van der Waals surface area contributed by atoms with E-state index in [4.69, 9.17) is 9.97 Å². The number of aromatic nitrogens is 3. The van der Waals surface area contributed by atoms with Gasteiger partial charge in [0.15, 0.2) is 0 Å². The normalized spacial score (nSPS) is 11.7. The minimum Gasteiger partial charge on any atom is -0.278 e. The fourth-order valence-electron chi connectivity index (χ4n) is 6.74. The van der Waals surface area contributed by atoms with Crippen LogP contribution in [0.4, 0.5) is 0 Å². The molecule has 43 heavy (non-hydrogen) atoms. The molecule has 0 aliphatic rings. The molecular weight excluding hydrogens is 522 g/mol. The van der Waals surface area contributed by atoms with Crippen molar-refractivity contribution in [3.8, 4) is 28.5 Å². The van der Waals surface area contributed by atoms with Crippen LogP contribution in [0.2, 0.25) is 0 Å². The molecule has 0 N–H and O–H groups in total. The van der Waals surface area contributed by atoms with Crippen LogP contribution in [0.15, 0.2) is 152 Å². The molecule has 0 amide bonds. The maximum Gasteiger partial charge on any atom is 0.235 e. The molecule has 2 aromatic heterocycles. The van der Waals surface area contributed by atoms with Crippen LogP contribution >= 0.6 is 0 Å². The lowest BCUT2D eigenvalue weighted by atomic mass is 9.90. The van der Waals surface area contributed by atoms with E-state index >= 15 is 0 Å². The Morgan fingerprint density at radius 2 is 0.837 bits per heavy atom. The summed E-state index contributed by atoms with van der Waals surface area (Å²) in [6, 6.07) is 53.6. The highest BCUT2D eigenvalue weighted by molar-refractivity contribution is 6.28. The smallest absolute Gasteiger partial charge is 0.235 e. The first kappa shape index (κ1) is 23.9. The van der Waals surface area contributed by atoms with E-state index in [0.717, 1.165) is 33.5 Å². The molecule has 7 aromatic carbocycles. The van der Waals surface area contributed by atoms with Crippen molar-refractivity contribution >= 4 is 54.1 Å². The Morgan fingerprint density at radius 3 is 1.47 bits per heavy atom. The van der Waals surface area contributed by atoms with E-state index < -0.39 is 0 Å². The zero-order chi connectivity index (χ0) is 28.3. The molecule has 200 valence electrons. The van der Waals surface area contributed by atoms with E-state index in [9.17, 15) is 0 Å². The molecule has 2 heterocycles. The van der Waals surface area contributed by atoms with E-state index in [1.165, 1.54) is 43.1 Å². The minimum absolute atomic E-state index is 0.663. The van der Waals surface area contributed by atoms with Crippen molar-refractivity contribution in [1.29, 1.82) is 0 Å². The number of hydrogen-bond acceptors (Lipinski definition) is 2. The van der Waals surface area contributed by atoms with Crippen molar-refractivity contribution in [3.05, 3.63) is 152 Å². The van der Waals surface area contributed by atoms with Gasteiger partial charge in [-0.05, 0) is 50.5 Å². The van der Waals surface area contributed by atoms with Crippen LogP contribution in [0.1, 0.15) is 0 Å². The van der Waals surface area contributed by atoms with Crippen molar-refractivity contribution in [2.75, 3.05) is 0 Å². The van der Waals surface area contributed by atoms with Crippen molar-refractivity contribution in [1.82, 2.24) is 14.5 Å². The summed E-state index contributed by atoms with van der Waals surface area (Å²) in [6.07, 6.45) is 0. The van der Waals surface area contributed by atoms with Crippen molar-refractivity contribution in [2.45, 2.75) is 0 Å². The van der Waals surface area contributed by atoms with Gasteiger partial charge in [0, 0.05) is 21.9 Å². The zero-order valence-corrected chi connectivity index (χ0v) is 23.3. The van der Waals surface area contributed by atoms with Gasteiger partial charge in [0.25, 0.3) is 0 Å². The highest BCUT2D eigenvalue weighted by atomic mass is 15.2. The molecule has 0 unspecified atom stereocenters. The molecule has 0 saturated carbocycles. The van der Waals surface area contributed by atoms with Gasteiger partial charge in [-0.2, -0.15) is 0 Å². The molecule has 3 heteroatoms. The Labute approximate surface area is 248 Å². The third-order valence-corrected chi connectivity index (χ3v) is 8.61. The van der Waals surface area contributed by atoms with Gasteiger partial charge in [0.05, 0.1) is 22.4 Å². The SMILES string of the molecule is c1ccc(-c2cc(-c3cccc4c5ccccc5c5ccccc5c34)nc(-n3c4ccccc4c4ccccc43)n2)cc1.